The second-order valence-electron chi connectivity index (χ2n) is 2.57. The van der Waals surface area contributed by atoms with Crippen LogP contribution in [0.15, 0.2) is 36.9 Å². The molecule has 0 spiro atoms. The first-order valence-corrected chi connectivity index (χ1v) is 3.78. The molecule has 0 aliphatic heterocycles. The smallest absolute Gasteiger partial charge is 0.0314 e. The first kappa shape index (κ1) is 7.86. The van der Waals surface area contributed by atoms with Crippen molar-refractivity contribution in [1.29, 1.82) is 0 Å². The summed E-state index contributed by atoms with van der Waals surface area (Å²) < 4.78 is 0. The highest BCUT2D eigenvalue weighted by molar-refractivity contribution is 5.39. The van der Waals surface area contributed by atoms with Crippen LogP contribution in [0.2, 0.25) is 0 Å². The van der Waals surface area contributed by atoms with Crippen molar-refractivity contribution < 1.29 is 0 Å². The van der Waals surface area contributed by atoms with Gasteiger partial charge in [0.2, 0.25) is 0 Å². The molecular formula is C10H13N. The van der Waals surface area contributed by atoms with E-state index in [2.05, 4.69) is 18.7 Å². The summed E-state index contributed by atoms with van der Waals surface area (Å²) in [5.74, 6) is 0. The molecule has 0 radical (unpaired) electrons. The van der Waals surface area contributed by atoms with Gasteiger partial charge in [0.15, 0.2) is 0 Å². The number of nitrogen functional groups attached to an aromatic ring is 1. The minimum Gasteiger partial charge on any atom is -0.399 e. The Hall–Kier alpha value is -1.24. The number of nitrogens with two attached hydrogens (primary N) is 1. The lowest BCUT2D eigenvalue weighted by Gasteiger charge is -1.97. The molecule has 0 fully saturated rings. The summed E-state index contributed by atoms with van der Waals surface area (Å²) in [5.41, 5.74) is 7.68. The molecule has 0 aromatic heterocycles. The van der Waals surface area contributed by atoms with Crippen LogP contribution in [0.1, 0.15) is 12.0 Å². The van der Waals surface area contributed by atoms with Gasteiger partial charge in [-0.1, -0.05) is 18.2 Å². The van der Waals surface area contributed by atoms with Crippen LogP contribution in [0.4, 0.5) is 5.69 Å². The predicted molar refractivity (Wildman–Crippen MR) is 49.4 cm³/mol. The van der Waals surface area contributed by atoms with Gasteiger partial charge in [0.25, 0.3) is 0 Å². The molecule has 0 atom stereocenters. The van der Waals surface area contributed by atoms with E-state index in [1.165, 1.54) is 5.56 Å². The highest BCUT2D eigenvalue weighted by Gasteiger charge is 1.89. The fourth-order valence-electron chi connectivity index (χ4n) is 0.953. The van der Waals surface area contributed by atoms with Crippen LogP contribution >= 0.6 is 0 Å². The summed E-state index contributed by atoms with van der Waals surface area (Å²) in [4.78, 5) is 0. The zero-order chi connectivity index (χ0) is 8.10. The number of rotatable bonds is 3. The van der Waals surface area contributed by atoms with E-state index in [4.69, 9.17) is 5.73 Å². The molecule has 2 N–H and O–H groups in total. The lowest BCUT2D eigenvalue weighted by atomic mass is 10.1. The Morgan fingerprint density at radius 3 is 2.45 bits per heavy atom. The maximum Gasteiger partial charge on any atom is 0.0314 e. The number of aryl methyl sites for hydroxylation is 1. The first-order valence-electron chi connectivity index (χ1n) is 3.78. The van der Waals surface area contributed by atoms with Crippen LogP contribution in [-0.4, -0.2) is 0 Å². The third-order valence-corrected chi connectivity index (χ3v) is 1.62. The van der Waals surface area contributed by atoms with Gasteiger partial charge in [-0.25, -0.2) is 0 Å². The number of allylic oxidation sites excluding steroid dienone is 1. The van der Waals surface area contributed by atoms with E-state index in [9.17, 15) is 0 Å². The van der Waals surface area contributed by atoms with Gasteiger partial charge in [0.1, 0.15) is 0 Å². The Morgan fingerprint density at radius 2 is 1.91 bits per heavy atom. The molecule has 1 nitrogen and oxygen atoms in total. The third-order valence-electron chi connectivity index (χ3n) is 1.62. The Labute approximate surface area is 67.5 Å². The molecule has 0 amide bonds. The third kappa shape index (κ3) is 2.46. The summed E-state index contributed by atoms with van der Waals surface area (Å²) in [6.45, 7) is 3.67. The summed E-state index contributed by atoms with van der Waals surface area (Å²) in [5, 5.41) is 0. The molecule has 1 heteroatoms. The number of anilines is 1. The van der Waals surface area contributed by atoms with Gasteiger partial charge in [0, 0.05) is 5.69 Å². The quantitative estimate of drug-likeness (QED) is 0.515. The Morgan fingerprint density at radius 1 is 1.27 bits per heavy atom. The zero-order valence-electron chi connectivity index (χ0n) is 6.59. The number of hydrogen-bond acceptors (Lipinski definition) is 1. The average Bonchev–Trinajstić information content (AvgIpc) is 2.04. The fraction of sp³-hybridized carbons (Fsp3) is 0.200. The predicted octanol–water partition coefficient (Wildman–Crippen LogP) is 2.39. The lowest BCUT2D eigenvalue weighted by Crippen LogP contribution is -1.86. The Balaban J connectivity index is 2.58. The molecule has 58 valence electrons. The van der Waals surface area contributed by atoms with Gasteiger partial charge >= 0.3 is 0 Å². The largest absolute Gasteiger partial charge is 0.399 e. The SMILES string of the molecule is C=CCCc1ccc(N)cc1. The normalized spacial score (nSPS) is 9.45. The molecule has 0 unspecified atom stereocenters. The van der Waals surface area contributed by atoms with Crippen LogP contribution in [0.25, 0.3) is 0 Å². The van der Waals surface area contributed by atoms with Crippen molar-refractivity contribution in [3.05, 3.63) is 42.5 Å². The van der Waals surface area contributed by atoms with Crippen molar-refractivity contribution in [3.63, 3.8) is 0 Å². The molecular weight excluding hydrogens is 134 g/mol. The monoisotopic (exact) mass is 147 g/mol. The van der Waals surface area contributed by atoms with E-state index in [0.717, 1.165) is 18.5 Å². The van der Waals surface area contributed by atoms with Crippen LogP contribution < -0.4 is 5.73 Å². The van der Waals surface area contributed by atoms with Crippen molar-refractivity contribution in [1.82, 2.24) is 0 Å². The topological polar surface area (TPSA) is 26.0 Å². The van der Waals surface area contributed by atoms with Crippen molar-refractivity contribution in [2.45, 2.75) is 12.8 Å². The van der Waals surface area contributed by atoms with Gasteiger partial charge in [-0.3, -0.25) is 0 Å². The molecule has 1 aromatic rings. The summed E-state index contributed by atoms with van der Waals surface area (Å²) >= 11 is 0. The molecule has 0 saturated carbocycles. The molecule has 0 bridgehead atoms. The second kappa shape index (κ2) is 3.81. The molecule has 11 heavy (non-hydrogen) atoms. The summed E-state index contributed by atoms with van der Waals surface area (Å²) in [7, 11) is 0. The van der Waals surface area contributed by atoms with E-state index >= 15 is 0 Å². The maximum atomic E-state index is 5.54. The van der Waals surface area contributed by atoms with Gasteiger partial charge in [0.05, 0.1) is 0 Å². The van der Waals surface area contributed by atoms with Crippen molar-refractivity contribution in [2.75, 3.05) is 5.73 Å². The molecule has 0 saturated heterocycles. The second-order valence-corrected chi connectivity index (χ2v) is 2.57. The van der Waals surface area contributed by atoms with Crippen molar-refractivity contribution >= 4 is 5.69 Å². The highest BCUT2D eigenvalue weighted by Crippen LogP contribution is 2.07. The van der Waals surface area contributed by atoms with E-state index in [-0.39, 0.29) is 0 Å². The summed E-state index contributed by atoms with van der Waals surface area (Å²) in [6, 6.07) is 7.97. The van der Waals surface area contributed by atoms with Crippen LogP contribution in [0.3, 0.4) is 0 Å². The average molecular weight is 147 g/mol. The van der Waals surface area contributed by atoms with Crippen LogP contribution in [-0.2, 0) is 6.42 Å². The van der Waals surface area contributed by atoms with Crippen molar-refractivity contribution in [2.24, 2.45) is 0 Å². The number of benzene rings is 1. The van der Waals surface area contributed by atoms with Gasteiger partial charge in [-0.05, 0) is 30.5 Å². The lowest BCUT2D eigenvalue weighted by molar-refractivity contribution is 1.00. The Bertz CT molecular complexity index is 223. The fourth-order valence-corrected chi connectivity index (χ4v) is 0.953. The zero-order valence-corrected chi connectivity index (χ0v) is 6.59. The van der Waals surface area contributed by atoms with Gasteiger partial charge in [-0.15, -0.1) is 6.58 Å². The molecule has 0 aliphatic carbocycles. The molecule has 0 heterocycles. The van der Waals surface area contributed by atoms with E-state index in [1.54, 1.807) is 0 Å². The minimum absolute atomic E-state index is 0.826. The molecule has 1 rings (SSSR count). The van der Waals surface area contributed by atoms with Crippen LogP contribution in [0.5, 0.6) is 0 Å². The minimum atomic E-state index is 0.826. The maximum absolute atomic E-state index is 5.54. The van der Waals surface area contributed by atoms with E-state index < -0.39 is 0 Å². The van der Waals surface area contributed by atoms with Gasteiger partial charge in [-0.2, -0.15) is 0 Å². The van der Waals surface area contributed by atoms with E-state index in [1.807, 2.05) is 18.2 Å². The summed E-state index contributed by atoms with van der Waals surface area (Å²) in [6.07, 6.45) is 4.02. The Kier molecular flexibility index (Phi) is 2.73. The van der Waals surface area contributed by atoms with Crippen LogP contribution in [0, 0.1) is 0 Å². The number of hydrogen-bond donors (Lipinski definition) is 1. The molecule has 1 aromatic carbocycles. The van der Waals surface area contributed by atoms with Crippen molar-refractivity contribution in [3.8, 4) is 0 Å². The standard InChI is InChI=1S/C10H13N/c1-2-3-4-9-5-7-10(11)8-6-9/h2,5-8H,1,3-4,11H2. The molecule has 0 aliphatic rings. The van der Waals surface area contributed by atoms with E-state index in [0.29, 0.717) is 0 Å². The van der Waals surface area contributed by atoms with Gasteiger partial charge < -0.3 is 5.73 Å². The first-order chi connectivity index (χ1) is 5.33. The highest BCUT2D eigenvalue weighted by atomic mass is 14.5.